The van der Waals surface area contributed by atoms with Crippen LogP contribution in [0.4, 0.5) is 0 Å². The van der Waals surface area contributed by atoms with E-state index in [0.717, 1.165) is 76.4 Å². The first-order valence-corrected chi connectivity index (χ1v) is 13.5. The summed E-state index contributed by atoms with van der Waals surface area (Å²) in [5.41, 5.74) is 5.73. The Morgan fingerprint density at radius 2 is 1.61 bits per heavy atom. The predicted molar refractivity (Wildman–Crippen MR) is 146 cm³/mol. The minimum absolute atomic E-state index is 0.0248. The van der Waals surface area contributed by atoms with Crippen molar-refractivity contribution in [3.05, 3.63) is 0 Å². The summed E-state index contributed by atoms with van der Waals surface area (Å²) in [5, 5.41) is 9.20. The number of likely N-dealkylation sites (N-methyl/N-ethyl adjacent to an activating group) is 2. The monoisotopic (exact) mass is 518 g/mol. The molecule has 0 aromatic rings. The van der Waals surface area contributed by atoms with Crippen LogP contribution in [0.5, 0.6) is 0 Å². The van der Waals surface area contributed by atoms with Crippen molar-refractivity contribution in [2.24, 2.45) is 5.73 Å². The molecular formula is C25H56N7O4+. The van der Waals surface area contributed by atoms with Gasteiger partial charge in [-0.1, -0.05) is 6.92 Å². The number of rotatable bonds is 25. The second-order valence-electron chi connectivity index (χ2n) is 9.42. The standard InChI is InChI=1S/C25H55N7O4/c1-6-25(34)29-10-15-31(14-9-28-24(2)33)16-19-32(18-11-27-3,20-21-36-23-22-35-5)17-7-12-30(4)13-8-26/h27H,6-23,26H2,1-5H3,(H-,28,29,33,34)/p+1. The molecule has 0 aromatic carbocycles. The van der Waals surface area contributed by atoms with Crippen LogP contribution in [0.3, 0.4) is 0 Å². The average Bonchev–Trinajstić information content (AvgIpc) is 2.85. The van der Waals surface area contributed by atoms with Gasteiger partial charge in [-0.2, -0.15) is 0 Å². The highest BCUT2D eigenvalue weighted by Gasteiger charge is 2.27. The van der Waals surface area contributed by atoms with Crippen LogP contribution in [0.15, 0.2) is 0 Å². The van der Waals surface area contributed by atoms with Crippen molar-refractivity contribution in [2.75, 3.05) is 126 Å². The maximum atomic E-state index is 11.7. The van der Waals surface area contributed by atoms with Gasteiger partial charge in [-0.25, -0.2) is 0 Å². The molecule has 1 unspecified atom stereocenters. The Morgan fingerprint density at radius 3 is 2.22 bits per heavy atom. The number of methoxy groups -OCH3 is 1. The normalized spacial score (nSPS) is 13.2. The van der Waals surface area contributed by atoms with Gasteiger partial charge in [-0.15, -0.1) is 0 Å². The van der Waals surface area contributed by atoms with Crippen molar-refractivity contribution in [3.63, 3.8) is 0 Å². The molecule has 0 heterocycles. The highest BCUT2D eigenvalue weighted by Crippen LogP contribution is 2.10. The molecule has 0 radical (unpaired) electrons. The minimum atomic E-state index is -0.0248. The lowest BCUT2D eigenvalue weighted by atomic mass is 10.2. The molecule has 0 saturated heterocycles. The Bertz CT molecular complexity index is 557. The van der Waals surface area contributed by atoms with Crippen molar-refractivity contribution in [1.29, 1.82) is 0 Å². The number of hydrogen-bond donors (Lipinski definition) is 4. The van der Waals surface area contributed by atoms with E-state index in [2.05, 4.69) is 32.8 Å². The quantitative estimate of drug-likeness (QED) is 0.0891. The van der Waals surface area contributed by atoms with Crippen LogP contribution in [0.25, 0.3) is 0 Å². The number of nitrogens with two attached hydrogens (primary N) is 1. The van der Waals surface area contributed by atoms with Gasteiger partial charge in [0, 0.05) is 85.8 Å². The third-order valence-electron chi connectivity index (χ3n) is 6.42. The number of hydrogen-bond acceptors (Lipinski definition) is 8. The second-order valence-corrected chi connectivity index (χ2v) is 9.42. The minimum Gasteiger partial charge on any atom is -0.382 e. The van der Waals surface area contributed by atoms with Crippen molar-refractivity contribution in [3.8, 4) is 0 Å². The van der Waals surface area contributed by atoms with Crippen LogP contribution >= 0.6 is 0 Å². The summed E-state index contributed by atoms with van der Waals surface area (Å²) in [4.78, 5) is 27.7. The Hall–Kier alpha value is -1.34. The summed E-state index contributed by atoms with van der Waals surface area (Å²) in [6.07, 6.45) is 1.56. The summed E-state index contributed by atoms with van der Waals surface area (Å²) in [6.45, 7) is 16.3. The van der Waals surface area contributed by atoms with Gasteiger partial charge in [0.05, 0.1) is 39.5 Å². The zero-order valence-electron chi connectivity index (χ0n) is 23.8. The van der Waals surface area contributed by atoms with Crippen molar-refractivity contribution in [2.45, 2.75) is 26.7 Å². The molecule has 11 heteroatoms. The third-order valence-corrected chi connectivity index (χ3v) is 6.42. The number of nitrogens with zero attached hydrogens (tertiary/aromatic N) is 3. The molecule has 1 atom stereocenters. The van der Waals surface area contributed by atoms with Gasteiger partial charge in [0.1, 0.15) is 6.54 Å². The van der Waals surface area contributed by atoms with E-state index >= 15 is 0 Å². The third kappa shape index (κ3) is 18.9. The average molecular weight is 519 g/mol. The van der Waals surface area contributed by atoms with E-state index < -0.39 is 0 Å². The molecule has 0 fully saturated rings. The Labute approximate surface area is 220 Å². The fraction of sp³-hybridized carbons (Fsp3) is 0.920. The molecular weight excluding hydrogens is 462 g/mol. The molecule has 0 saturated carbocycles. The van der Waals surface area contributed by atoms with Crippen molar-refractivity contribution in [1.82, 2.24) is 25.8 Å². The van der Waals surface area contributed by atoms with E-state index in [1.165, 1.54) is 6.92 Å². The number of carbonyl (C=O) groups excluding carboxylic acids is 2. The molecule has 0 aliphatic rings. The number of ether oxygens (including phenoxy) is 2. The van der Waals surface area contributed by atoms with Crippen LogP contribution in [0.2, 0.25) is 0 Å². The molecule has 214 valence electrons. The first kappa shape index (κ1) is 34.7. The molecule has 11 nitrogen and oxygen atoms in total. The van der Waals surface area contributed by atoms with Gasteiger partial charge in [-0.05, 0) is 14.1 Å². The Balaban J connectivity index is 5.31. The van der Waals surface area contributed by atoms with E-state index in [4.69, 9.17) is 15.2 Å². The molecule has 36 heavy (non-hydrogen) atoms. The van der Waals surface area contributed by atoms with Crippen LogP contribution in [-0.2, 0) is 19.1 Å². The highest BCUT2D eigenvalue weighted by molar-refractivity contribution is 5.75. The zero-order valence-corrected chi connectivity index (χ0v) is 23.8. The smallest absolute Gasteiger partial charge is 0.219 e. The number of nitrogens with one attached hydrogen (secondary N) is 3. The molecule has 0 bridgehead atoms. The lowest BCUT2D eigenvalue weighted by Crippen LogP contribution is -2.57. The fourth-order valence-electron chi connectivity index (χ4n) is 4.09. The molecule has 5 N–H and O–H groups in total. The lowest BCUT2D eigenvalue weighted by Gasteiger charge is -2.41. The summed E-state index contributed by atoms with van der Waals surface area (Å²) in [5.74, 6) is 0.0361. The number of quaternary nitrogens is 1. The van der Waals surface area contributed by atoms with E-state index in [0.29, 0.717) is 45.9 Å². The molecule has 0 aliphatic heterocycles. The maximum Gasteiger partial charge on any atom is 0.219 e. The van der Waals surface area contributed by atoms with E-state index in [9.17, 15) is 9.59 Å². The summed E-state index contributed by atoms with van der Waals surface area (Å²) >= 11 is 0. The predicted octanol–water partition coefficient (Wildman–Crippen LogP) is -1.07. The fourth-order valence-corrected chi connectivity index (χ4v) is 4.09. The Morgan fingerprint density at radius 1 is 0.889 bits per heavy atom. The van der Waals surface area contributed by atoms with Gasteiger partial charge in [0.25, 0.3) is 0 Å². The van der Waals surface area contributed by atoms with Crippen LogP contribution in [0.1, 0.15) is 26.7 Å². The lowest BCUT2D eigenvalue weighted by molar-refractivity contribution is -0.927. The molecule has 0 aromatic heterocycles. The maximum absolute atomic E-state index is 11.7. The van der Waals surface area contributed by atoms with Gasteiger partial charge in [0.2, 0.25) is 11.8 Å². The van der Waals surface area contributed by atoms with E-state index in [1.54, 1.807) is 7.11 Å². The summed E-state index contributed by atoms with van der Waals surface area (Å²) in [6, 6.07) is 0. The van der Waals surface area contributed by atoms with Gasteiger partial charge in [-0.3, -0.25) is 14.5 Å². The molecule has 0 aliphatic carbocycles. The zero-order chi connectivity index (χ0) is 27.1. The summed E-state index contributed by atoms with van der Waals surface area (Å²) < 4.78 is 12.0. The molecule has 0 rings (SSSR count). The van der Waals surface area contributed by atoms with E-state index in [1.807, 2.05) is 14.0 Å². The largest absolute Gasteiger partial charge is 0.382 e. The Kier molecular flexibility index (Phi) is 22.0. The number of amides is 2. The highest BCUT2D eigenvalue weighted by atomic mass is 16.5. The van der Waals surface area contributed by atoms with Gasteiger partial charge < -0.3 is 40.5 Å². The van der Waals surface area contributed by atoms with Gasteiger partial charge in [0.15, 0.2) is 0 Å². The first-order valence-electron chi connectivity index (χ1n) is 13.5. The van der Waals surface area contributed by atoms with Crippen LogP contribution in [-0.4, -0.2) is 152 Å². The topological polar surface area (TPSA) is 121 Å². The summed E-state index contributed by atoms with van der Waals surface area (Å²) in [7, 11) is 5.80. The SMILES string of the molecule is CCC(=O)NCCN(CCNC(C)=O)CC[N+](CCCN(C)CCN)(CCNC)CCOCCOC. The second kappa shape index (κ2) is 22.8. The molecule has 0 spiro atoms. The van der Waals surface area contributed by atoms with Crippen molar-refractivity contribution < 1.29 is 23.5 Å². The molecule has 2 amide bonds. The van der Waals surface area contributed by atoms with Gasteiger partial charge >= 0.3 is 0 Å². The van der Waals surface area contributed by atoms with E-state index in [-0.39, 0.29) is 11.8 Å². The number of carbonyl (C=O) groups is 2. The first-order chi connectivity index (χ1) is 17.3. The van der Waals surface area contributed by atoms with Crippen LogP contribution in [0, 0.1) is 0 Å². The van der Waals surface area contributed by atoms with Crippen molar-refractivity contribution >= 4 is 11.8 Å². The van der Waals surface area contributed by atoms with Crippen LogP contribution < -0.4 is 21.7 Å².